The van der Waals surface area contributed by atoms with Gasteiger partial charge in [0.05, 0.1) is 16.7 Å². The molecule has 6 aromatic carbocycles. The topological polar surface area (TPSA) is 21.1 Å². The van der Waals surface area contributed by atoms with E-state index in [0.29, 0.717) is 0 Å². The van der Waals surface area contributed by atoms with Gasteiger partial charge in [-0.25, -0.2) is 4.98 Å². The number of para-hydroxylation sites is 2. The maximum atomic E-state index is 4.72. The number of benzene rings is 6. The third kappa shape index (κ3) is 4.03. The van der Waals surface area contributed by atoms with Crippen LogP contribution in [0.15, 0.2) is 164 Å². The van der Waals surface area contributed by atoms with Crippen molar-refractivity contribution in [2.45, 2.75) is 0 Å². The van der Waals surface area contributed by atoms with Crippen LogP contribution in [0, 0.1) is 0 Å². The minimum atomic E-state index is 0.886. The van der Waals surface area contributed by atoms with Crippen molar-refractivity contribution in [2.75, 3.05) is 4.90 Å². The molecule has 0 atom stereocenters. The second-order valence-electron chi connectivity index (χ2n) is 10.5. The van der Waals surface area contributed by atoms with Gasteiger partial charge in [-0.2, -0.15) is 0 Å². The second-order valence-corrected chi connectivity index (χ2v) is 10.5. The lowest BCUT2D eigenvalue weighted by Crippen LogP contribution is -2.11. The van der Waals surface area contributed by atoms with Gasteiger partial charge < -0.3 is 4.57 Å². The van der Waals surface area contributed by atoms with Crippen molar-refractivity contribution in [2.24, 2.45) is 0 Å². The minimum Gasteiger partial charge on any atom is -0.309 e. The highest BCUT2D eigenvalue weighted by molar-refractivity contribution is 6.09. The predicted octanol–water partition coefficient (Wildman–Crippen LogP) is 10.5. The fourth-order valence-electron chi connectivity index (χ4n) is 6.09. The maximum absolute atomic E-state index is 4.72. The molecule has 0 aliphatic carbocycles. The Kier molecular flexibility index (Phi) is 5.79. The summed E-state index contributed by atoms with van der Waals surface area (Å²) < 4.78 is 2.35. The Bertz CT molecular complexity index is 2120. The first-order valence-corrected chi connectivity index (χ1v) is 14.2. The Morgan fingerprint density at radius 3 is 1.69 bits per heavy atom. The molecular formula is C39H27N3. The molecule has 0 bridgehead atoms. The summed E-state index contributed by atoms with van der Waals surface area (Å²) in [6.07, 6.45) is 1.85. The number of aromatic nitrogens is 2. The smallest absolute Gasteiger partial charge is 0.137 e. The van der Waals surface area contributed by atoms with Crippen LogP contribution in [0.4, 0.5) is 17.2 Å². The minimum absolute atomic E-state index is 0.886. The van der Waals surface area contributed by atoms with Crippen LogP contribution < -0.4 is 4.90 Å². The Morgan fingerprint density at radius 2 is 1.02 bits per heavy atom. The molecule has 3 heteroatoms. The standard InChI is InChI=1S/C39H27N3/c1-2-12-33-30(10-1)11-9-17-36(33)42(39-18-7-8-27-40-39)32-25-21-29(22-26-32)28-19-23-31(24-20-28)41-37-15-5-3-13-34(37)35-14-4-6-16-38(35)41/h1-27H. The van der Waals surface area contributed by atoms with E-state index in [1.165, 1.54) is 43.7 Å². The number of anilines is 3. The van der Waals surface area contributed by atoms with Crippen LogP contribution in [0.5, 0.6) is 0 Å². The molecule has 0 aliphatic rings. The molecule has 0 saturated heterocycles. The van der Waals surface area contributed by atoms with Crippen molar-refractivity contribution in [1.29, 1.82) is 0 Å². The third-order valence-electron chi connectivity index (χ3n) is 8.05. The number of pyridine rings is 1. The average Bonchev–Trinajstić information content (AvgIpc) is 3.40. The van der Waals surface area contributed by atoms with Gasteiger partial charge >= 0.3 is 0 Å². The number of hydrogen-bond acceptors (Lipinski definition) is 2. The molecule has 0 spiro atoms. The van der Waals surface area contributed by atoms with E-state index in [-0.39, 0.29) is 0 Å². The summed E-state index contributed by atoms with van der Waals surface area (Å²) in [5.74, 6) is 0.886. The molecule has 0 aliphatic heterocycles. The zero-order valence-electron chi connectivity index (χ0n) is 22.9. The Balaban J connectivity index is 1.17. The van der Waals surface area contributed by atoms with Gasteiger partial charge in [-0.15, -0.1) is 0 Å². The normalized spacial score (nSPS) is 11.3. The van der Waals surface area contributed by atoms with Crippen LogP contribution in [-0.2, 0) is 0 Å². The second kappa shape index (κ2) is 10.1. The zero-order chi connectivity index (χ0) is 27.9. The van der Waals surface area contributed by atoms with E-state index in [9.17, 15) is 0 Å². The van der Waals surface area contributed by atoms with Crippen molar-refractivity contribution < 1.29 is 0 Å². The Morgan fingerprint density at radius 1 is 0.452 bits per heavy atom. The lowest BCUT2D eigenvalue weighted by Gasteiger charge is -2.25. The fraction of sp³-hybridized carbons (Fsp3) is 0. The maximum Gasteiger partial charge on any atom is 0.137 e. The quantitative estimate of drug-likeness (QED) is 0.218. The molecule has 8 rings (SSSR count). The van der Waals surface area contributed by atoms with Gasteiger partial charge in [-0.3, -0.25) is 4.90 Å². The summed E-state index contributed by atoms with van der Waals surface area (Å²) in [6, 6.07) is 55.9. The highest BCUT2D eigenvalue weighted by Gasteiger charge is 2.16. The Labute approximate surface area is 244 Å². The average molecular weight is 538 g/mol. The van der Waals surface area contributed by atoms with Crippen LogP contribution >= 0.6 is 0 Å². The summed E-state index contributed by atoms with van der Waals surface area (Å²) in [5.41, 5.74) is 8.13. The fourth-order valence-corrected chi connectivity index (χ4v) is 6.09. The Hall–Kier alpha value is -5.67. The molecule has 198 valence electrons. The molecule has 0 radical (unpaired) electrons. The van der Waals surface area contributed by atoms with Gasteiger partial charge in [-0.05, 0) is 71.1 Å². The highest BCUT2D eigenvalue weighted by atomic mass is 15.2. The van der Waals surface area contributed by atoms with E-state index in [1.807, 2.05) is 18.3 Å². The molecule has 0 unspecified atom stereocenters. The summed E-state index contributed by atoms with van der Waals surface area (Å²) in [6.45, 7) is 0. The van der Waals surface area contributed by atoms with Crippen molar-refractivity contribution in [1.82, 2.24) is 9.55 Å². The van der Waals surface area contributed by atoms with Gasteiger partial charge in [0.15, 0.2) is 0 Å². The van der Waals surface area contributed by atoms with Gasteiger partial charge in [0.2, 0.25) is 0 Å². The summed E-state index contributed by atoms with van der Waals surface area (Å²) in [4.78, 5) is 6.95. The molecular weight excluding hydrogens is 510 g/mol. The number of rotatable bonds is 5. The lowest BCUT2D eigenvalue weighted by molar-refractivity contribution is 1.18. The molecule has 0 N–H and O–H groups in total. The van der Waals surface area contributed by atoms with Crippen LogP contribution in [0.25, 0.3) is 49.4 Å². The van der Waals surface area contributed by atoms with Crippen LogP contribution in [-0.4, -0.2) is 9.55 Å². The summed E-state index contributed by atoms with van der Waals surface area (Å²) in [7, 11) is 0. The van der Waals surface area contributed by atoms with Crippen molar-refractivity contribution in [3.63, 3.8) is 0 Å². The molecule has 2 heterocycles. The monoisotopic (exact) mass is 537 g/mol. The van der Waals surface area contributed by atoms with E-state index in [0.717, 1.165) is 22.9 Å². The van der Waals surface area contributed by atoms with Crippen LogP contribution in [0.1, 0.15) is 0 Å². The molecule has 3 nitrogen and oxygen atoms in total. The van der Waals surface area contributed by atoms with E-state index >= 15 is 0 Å². The molecule has 2 aromatic heterocycles. The number of fused-ring (bicyclic) bond motifs is 4. The van der Waals surface area contributed by atoms with Crippen LogP contribution in [0.2, 0.25) is 0 Å². The molecule has 42 heavy (non-hydrogen) atoms. The lowest BCUT2D eigenvalue weighted by atomic mass is 10.0. The van der Waals surface area contributed by atoms with Crippen molar-refractivity contribution in [3.05, 3.63) is 164 Å². The highest BCUT2D eigenvalue weighted by Crippen LogP contribution is 2.39. The van der Waals surface area contributed by atoms with Gasteiger partial charge in [0.1, 0.15) is 5.82 Å². The largest absolute Gasteiger partial charge is 0.309 e. The number of nitrogens with zero attached hydrogens (tertiary/aromatic N) is 3. The first kappa shape index (κ1) is 24.2. The third-order valence-corrected chi connectivity index (χ3v) is 8.05. The van der Waals surface area contributed by atoms with Crippen LogP contribution in [0.3, 0.4) is 0 Å². The van der Waals surface area contributed by atoms with Crippen molar-refractivity contribution >= 4 is 49.8 Å². The van der Waals surface area contributed by atoms with E-state index in [1.54, 1.807) is 0 Å². The molecule has 0 saturated carbocycles. The number of hydrogen-bond donors (Lipinski definition) is 0. The van der Waals surface area contributed by atoms with Gasteiger partial charge in [0.25, 0.3) is 0 Å². The molecule has 8 aromatic rings. The van der Waals surface area contributed by atoms with E-state index in [4.69, 9.17) is 4.98 Å². The van der Waals surface area contributed by atoms with Gasteiger partial charge in [0, 0.05) is 33.7 Å². The SMILES string of the molecule is c1ccc(N(c2ccc(-c3ccc(-n4c5ccccc5c5ccccc54)cc3)cc2)c2cccc3ccccc23)nc1. The predicted molar refractivity (Wildman–Crippen MR) is 176 cm³/mol. The van der Waals surface area contributed by atoms with Gasteiger partial charge in [-0.1, -0.05) is 103 Å². The van der Waals surface area contributed by atoms with E-state index in [2.05, 4.69) is 155 Å². The first-order chi connectivity index (χ1) is 20.8. The summed E-state index contributed by atoms with van der Waals surface area (Å²) in [5, 5.41) is 4.94. The van der Waals surface area contributed by atoms with E-state index < -0.39 is 0 Å². The molecule has 0 amide bonds. The first-order valence-electron chi connectivity index (χ1n) is 14.2. The molecule has 0 fully saturated rings. The zero-order valence-corrected chi connectivity index (χ0v) is 22.9. The summed E-state index contributed by atoms with van der Waals surface area (Å²) >= 11 is 0. The van der Waals surface area contributed by atoms with Crippen molar-refractivity contribution in [3.8, 4) is 16.8 Å².